The molecule has 2 N–H and O–H groups in total. The lowest BCUT2D eigenvalue weighted by atomic mass is 10.1. The molecule has 6 heteroatoms. The van der Waals surface area contributed by atoms with Gasteiger partial charge in [0.1, 0.15) is 0 Å². The van der Waals surface area contributed by atoms with E-state index in [2.05, 4.69) is 24.5 Å². The first kappa shape index (κ1) is 17.4. The average molecular weight is 321 g/mol. The summed E-state index contributed by atoms with van der Waals surface area (Å²) in [6.07, 6.45) is 1.08. The quantitative estimate of drug-likeness (QED) is 0.683. The molecule has 1 aliphatic heterocycles. The van der Waals surface area contributed by atoms with Crippen LogP contribution in [0.2, 0.25) is 0 Å². The van der Waals surface area contributed by atoms with Crippen molar-refractivity contribution in [2.75, 3.05) is 33.3 Å². The van der Waals surface area contributed by atoms with Crippen LogP contribution in [0.5, 0.6) is 11.5 Å². The van der Waals surface area contributed by atoms with Crippen LogP contribution in [-0.2, 0) is 6.54 Å². The van der Waals surface area contributed by atoms with Gasteiger partial charge in [-0.15, -0.1) is 0 Å². The van der Waals surface area contributed by atoms with Crippen LogP contribution in [0.3, 0.4) is 0 Å². The van der Waals surface area contributed by atoms with E-state index in [0.29, 0.717) is 13.1 Å². The van der Waals surface area contributed by atoms with Crippen molar-refractivity contribution in [3.05, 3.63) is 23.8 Å². The van der Waals surface area contributed by atoms with Crippen LogP contribution in [0.4, 0.5) is 4.79 Å². The lowest BCUT2D eigenvalue weighted by Crippen LogP contribution is -2.34. The highest BCUT2D eigenvalue weighted by molar-refractivity contribution is 5.76. The molecule has 0 bridgehead atoms. The summed E-state index contributed by atoms with van der Waals surface area (Å²) in [7, 11) is 1.65. The first-order valence-corrected chi connectivity index (χ1v) is 8.21. The Morgan fingerprint density at radius 2 is 2.26 bits per heavy atom. The second kappa shape index (κ2) is 8.62. The number of nitrogens with one attached hydrogen (secondary N) is 2. The summed E-state index contributed by atoms with van der Waals surface area (Å²) >= 11 is 0. The molecule has 1 aromatic rings. The Morgan fingerprint density at radius 1 is 1.43 bits per heavy atom. The number of urea groups is 1. The third-order valence-electron chi connectivity index (χ3n) is 3.99. The third kappa shape index (κ3) is 4.76. The van der Waals surface area contributed by atoms with Gasteiger partial charge in [0.15, 0.2) is 11.5 Å². The fraction of sp³-hybridized carbons (Fsp3) is 0.588. The Labute approximate surface area is 138 Å². The van der Waals surface area contributed by atoms with Gasteiger partial charge in [-0.1, -0.05) is 19.1 Å². The van der Waals surface area contributed by atoms with Crippen LogP contribution >= 0.6 is 0 Å². The van der Waals surface area contributed by atoms with E-state index in [1.165, 1.54) is 0 Å². The number of benzene rings is 1. The Balaban J connectivity index is 1.91. The van der Waals surface area contributed by atoms with Crippen LogP contribution in [0.15, 0.2) is 18.2 Å². The van der Waals surface area contributed by atoms with Crippen molar-refractivity contribution in [3.63, 3.8) is 0 Å². The van der Waals surface area contributed by atoms with Gasteiger partial charge in [-0.05, 0) is 19.4 Å². The predicted molar refractivity (Wildman–Crippen MR) is 90.1 cm³/mol. The fourth-order valence-electron chi connectivity index (χ4n) is 2.44. The third-order valence-corrected chi connectivity index (χ3v) is 3.99. The van der Waals surface area contributed by atoms with Gasteiger partial charge in [-0.2, -0.15) is 0 Å². The minimum absolute atomic E-state index is 0.0222. The Kier molecular flexibility index (Phi) is 6.52. The number of hydrogen-bond donors (Lipinski definition) is 2. The van der Waals surface area contributed by atoms with E-state index in [0.717, 1.165) is 43.1 Å². The first-order valence-electron chi connectivity index (χ1n) is 8.21. The summed E-state index contributed by atoms with van der Waals surface area (Å²) in [5, 5.41) is 6.18. The Hall–Kier alpha value is -1.95. The molecule has 0 aromatic heterocycles. The largest absolute Gasteiger partial charge is 0.493 e. The Morgan fingerprint density at radius 3 is 2.91 bits per heavy atom. The van der Waals surface area contributed by atoms with Crippen molar-refractivity contribution in [3.8, 4) is 11.5 Å². The average Bonchev–Trinajstić information content (AvgIpc) is 2.97. The minimum atomic E-state index is 0.0222. The van der Waals surface area contributed by atoms with E-state index < -0.39 is 0 Å². The zero-order valence-corrected chi connectivity index (χ0v) is 14.2. The summed E-state index contributed by atoms with van der Waals surface area (Å²) in [6.45, 7) is 7.79. The maximum Gasteiger partial charge on any atom is 0.317 e. The van der Waals surface area contributed by atoms with Crippen molar-refractivity contribution < 1.29 is 14.3 Å². The fourth-order valence-corrected chi connectivity index (χ4v) is 2.44. The number of carbonyl (C=O) groups excluding carboxylic acids is 1. The van der Waals surface area contributed by atoms with Gasteiger partial charge >= 0.3 is 6.03 Å². The molecule has 128 valence electrons. The minimum Gasteiger partial charge on any atom is -0.493 e. The number of nitrogens with zero attached hydrogens (tertiary/aromatic N) is 1. The van der Waals surface area contributed by atoms with Crippen LogP contribution in [0, 0.1) is 0 Å². The van der Waals surface area contributed by atoms with Crippen molar-refractivity contribution in [1.82, 2.24) is 15.5 Å². The van der Waals surface area contributed by atoms with Crippen LogP contribution in [0.1, 0.15) is 25.8 Å². The number of methoxy groups -OCH3 is 1. The molecule has 1 aromatic carbocycles. The van der Waals surface area contributed by atoms with Gasteiger partial charge in [0.05, 0.1) is 13.2 Å². The summed E-state index contributed by atoms with van der Waals surface area (Å²) < 4.78 is 11.4. The van der Waals surface area contributed by atoms with Crippen molar-refractivity contribution in [1.29, 1.82) is 0 Å². The Bertz CT molecular complexity index is 522. The molecule has 0 saturated carbocycles. The van der Waals surface area contributed by atoms with Gasteiger partial charge in [0.2, 0.25) is 0 Å². The van der Waals surface area contributed by atoms with E-state index in [-0.39, 0.29) is 12.1 Å². The second-order valence-electron chi connectivity index (χ2n) is 5.68. The first-order chi connectivity index (χ1) is 11.2. The SMILES string of the molecule is CCC(C)Oc1c(CNCCN2CCNC2=O)cccc1OC. The number of para-hydroxylation sites is 1. The van der Waals surface area contributed by atoms with Crippen LogP contribution < -0.4 is 20.1 Å². The maximum atomic E-state index is 11.5. The highest BCUT2D eigenvalue weighted by atomic mass is 16.5. The van der Waals surface area contributed by atoms with E-state index in [9.17, 15) is 4.79 Å². The molecular formula is C17H27N3O3. The van der Waals surface area contributed by atoms with Gasteiger partial charge in [0, 0.05) is 38.3 Å². The zero-order chi connectivity index (χ0) is 16.7. The zero-order valence-electron chi connectivity index (χ0n) is 14.2. The molecule has 1 fully saturated rings. The number of rotatable bonds is 9. The normalized spacial score (nSPS) is 15.4. The smallest absolute Gasteiger partial charge is 0.317 e. The predicted octanol–water partition coefficient (Wildman–Crippen LogP) is 1.99. The van der Waals surface area contributed by atoms with E-state index in [4.69, 9.17) is 9.47 Å². The summed E-state index contributed by atoms with van der Waals surface area (Å²) in [5.74, 6) is 1.55. The van der Waals surface area contributed by atoms with Crippen molar-refractivity contribution in [2.45, 2.75) is 32.9 Å². The molecule has 1 atom stereocenters. The maximum absolute atomic E-state index is 11.5. The van der Waals surface area contributed by atoms with Gasteiger partial charge in [-0.3, -0.25) is 0 Å². The summed E-state index contributed by atoms with van der Waals surface area (Å²) in [6, 6.07) is 5.94. The van der Waals surface area contributed by atoms with Crippen molar-refractivity contribution >= 4 is 6.03 Å². The highest BCUT2D eigenvalue weighted by Crippen LogP contribution is 2.32. The van der Waals surface area contributed by atoms with Crippen LogP contribution in [-0.4, -0.2) is 50.3 Å². The van der Waals surface area contributed by atoms with Crippen LogP contribution in [0.25, 0.3) is 0 Å². The topological polar surface area (TPSA) is 62.8 Å². The number of amides is 2. The second-order valence-corrected chi connectivity index (χ2v) is 5.68. The number of hydrogen-bond acceptors (Lipinski definition) is 4. The molecule has 0 radical (unpaired) electrons. The standard InChI is InChI=1S/C17H27N3O3/c1-4-13(2)23-16-14(6-5-7-15(16)22-3)12-18-8-10-20-11-9-19-17(20)21/h5-7,13,18H,4,8-12H2,1-3H3,(H,19,21). The molecule has 1 aliphatic rings. The molecule has 1 saturated heterocycles. The lowest BCUT2D eigenvalue weighted by molar-refractivity contribution is 0.204. The number of carbonyl (C=O) groups is 1. The highest BCUT2D eigenvalue weighted by Gasteiger charge is 2.18. The summed E-state index contributed by atoms with van der Waals surface area (Å²) in [4.78, 5) is 13.3. The monoisotopic (exact) mass is 321 g/mol. The van der Waals surface area contributed by atoms with E-state index in [1.54, 1.807) is 7.11 Å². The van der Waals surface area contributed by atoms with Crippen molar-refractivity contribution in [2.24, 2.45) is 0 Å². The molecule has 2 rings (SSSR count). The molecule has 23 heavy (non-hydrogen) atoms. The molecule has 0 spiro atoms. The molecule has 1 heterocycles. The molecule has 0 aliphatic carbocycles. The van der Waals surface area contributed by atoms with Gasteiger partial charge in [0.25, 0.3) is 0 Å². The molecular weight excluding hydrogens is 294 g/mol. The lowest BCUT2D eigenvalue weighted by Gasteiger charge is -2.19. The van der Waals surface area contributed by atoms with E-state index >= 15 is 0 Å². The molecule has 6 nitrogen and oxygen atoms in total. The van der Waals surface area contributed by atoms with E-state index in [1.807, 2.05) is 23.1 Å². The van der Waals surface area contributed by atoms with Gasteiger partial charge < -0.3 is 25.0 Å². The van der Waals surface area contributed by atoms with Gasteiger partial charge in [-0.25, -0.2) is 4.79 Å². The molecule has 1 unspecified atom stereocenters. The molecule has 2 amide bonds. The summed E-state index contributed by atoms with van der Waals surface area (Å²) in [5.41, 5.74) is 1.07. The number of ether oxygens (including phenoxy) is 2.